The van der Waals surface area contributed by atoms with Crippen LogP contribution in [-0.4, -0.2) is 21.7 Å². The number of nitrogens with zero attached hydrogens (tertiary/aromatic N) is 2. The van der Waals surface area contributed by atoms with E-state index < -0.39 is 0 Å². The van der Waals surface area contributed by atoms with E-state index in [1.54, 1.807) is 0 Å². The minimum atomic E-state index is 0.0354. The molecule has 3 nitrogen and oxygen atoms in total. The van der Waals surface area contributed by atoms with E-state index in [9.17, 15) is 0 Å². The van der Waals surface area contributed by atoms with Gasteiger partial charge in [0.25, 0.3) is 0 Å². The van der Waals surface area contributed by atoms with Crippen molar-refractivity contribution in [1.29, 1.82) is 0 Å². The Morgan fingerprint density at radius 1 is 1.33 bits per heavy atom. The van der Waals surface area contributed by atoms with Crippen molar-refractivity contribution in [1.82, 2.24) is 9.97 Å². The largest absolute Gasteiger partial charge is 0.396 e. The van der Waals surface area contributed by atoms with Crippen LogP contribution in [0.4, 0.5) is 0 Å². The molecule has 0 radical (unpaired) electrons. The molecule has 0 bridgehead atoms. The van der Waals surface area contributed by atoms with E-state index in [1.165, 1.54) is 0 Å². The molecule has 0 aliphatic carbocycles. The molecule has 0 unspecified atom stereocenters. The van der Waals surface area contributed by atoms with Gasteiger partial charge < -0.3 is 5.11 Å². The number of aliphatic hydroxyl groups excluding tert-OH is 1. The molecule has 0 saturated carbocycles. The van der Waals surface area contributed by atoms with Gasteiger partial charge in [0.2, 0.25) is 0 Å². The number of hydrogen-bond acceptors (Lipinski definition) is 3. The summed E-state index contributed by atoms with van der Waals surface area (Å²) >= 11 is 6.04. The Bertz CT molecular complexity index is 499. The molecule has 1 heterocycles. The molecular weight excluding hydrogens is 212 g/mol. The van der Waals surface area contributed by atoms with Gasteiger partial charge in [0.05, 0.1) is 12.1 Å². The molecule has 0 fully saturated rings. The van der Waals surface area contributed by atoms with Crippen molar-refractivity contribution in [3.05, 3.63) is 34.7 Å². The highest BCUT2D eigenvalue weighted by Gasteiger charge is 2.05. The van der Waals surface area contributed by atoms with Crippen LogP contribution in [0.1, 0.15) is 11.4 Å². The average Bonchev–Trinajstić information content (AvgIpc) is 2.20. The average molecular weight is 223 g/mol. The first kappa shape index (κ1) is 10.3. The first-order chi connectivity index (χ1) is 7.20. The van der Waals surface area contributed by atoms with Gasteiger partial charge in [-0.15, -0.1) is 0 Å². The summed E-state index contributed by atoms with van der Waals surface area (Å²) in [5.74, 6) is 0.582. The van der Waals surface area contributed by atoms with Gasteiger partial charge in [-0.25, -0.2) is 9.97 Å². The molecule has 1 N–H and O–H groups in total. The second-order valence-corrected chi connectivity index (χ2v) is 3.78. The normalized spacial score (nSPS) is 10.9. The predicted molar refractivity (Wildman–Crippen MR) is 60.1 cm³/mol. The molecular formula is C11H11ClN2O. The van der Waals surface area contributed by atoms with Gasteiger partial charge in [0.15, 0.2) is 0 Å². The summed E-state index contributed by atoms with van der Waals surface area (Å²) in [6.45, 7) is 2.03. The molecule has 1 aromatic carbocycles. The number of fused-ring (bicyclic) bond motifs is 1. The third-order valence-electron chi connectivity index (χ3n) is 2.19. The van der Waals surface area contributed by atoms with Crippen LogP contribution in [0.5, 0.6) is 0 Å². The van der Waals surface area contributed by atoms with Crippen molar-refractivity contribution in [3.63, 3.8) is 0 Å². The molecule has 2 aromatic rings. The van der Waals surface area contributed by atoms with E-state index >= 15 is 0 Å². The fourth-order valence-electron chi connectivity index (χ4n) is 1.46. The van der Waals surface area contributed by atoms with E-state index in [2.05, 4.69) is 9.97 Å². The summed E-state index contributed by atoms with van der Waals surface area (Å²) in [4.78, 5) is 8.44. The van der Waals surface area contributed by atoms with Crippen LogP contribution in [0, 0.1) is 6.92 Å². The molecule has 78 valence electrons. The summed E-state index contributed by atoms with van der Waals surface area (Å²) in [5.41, 5.74) is 1.95. The van der Waals surface area contributed by atoms with Gasteiger partial charge in [-0.1, -0.05) is 23.2 Å². The van der Waals surface area contributed by atoms with Gasteiger partial charge >= 0.3 is 0 Å². The SMILES string of the molecule is Cc1ccc2nc(CCO)nc(Cl)c2c1. The highest BCUT2D eigenvalue weighted by Crippen LogP contribution is 2.21. The quantitative estimate of drug-likeness (QED) is 0.792. The van der Waals surface area contributed by atoms with Crippen molar-refractivity contribution in [2.45, 2.75) is 13.3 Å². The van der Waals surface area contributed by atoms with Crippen molar-refractivity contribution in [2.75, 3.05) is 6.61 Å². The van der Waals surface area contributed by atoms with Crippen LogP contribution in [0.3, 0.4) is 0 Å². The Morgan fingerprint density at radius 3 is 2.87 bits per heavy atom. The molecule has 0 aliphatic heterocycles. The smallest absolute Gasteiger partial charge is 0.140 e. The molecule has 0 atom stereocenters. The lowest BCUT2D eigenvalue weighted by molar-refractivity contribution is 0.297. The number of aryl methyl sites for hydroxylation is 1. The zero-order chi connectivity index (χ0) is 10.8. The van der Waals surface area contributed by atoms with E-state index in [4.69, 9.17) is 16.7 Å². The molecule has 1 aromatic heterocycles. The Labute approximate surface area is 92.7 Å². The summed E-state index contributed by atoms with van der Waals surface area (Å²) in [6, 6.07) is 5.86. The van der Waals surface area contributed by atoms with E-state index in [1.807, 2.05) is 25.1 Å². The van der Waals surface area contributed by atoms with Crippen molar-refractivity contribution in [3.8, 4) is 0 Å². The summed E-state index contributed by atoms with van der Waals surface area (Å²) in [6.07, 6.45) is 0.434. The summed E-state index contributed by atoms with van der Waals surface area (Å²) < 4.78 is 0. The number of halogens is 1. The van der Waals surface area contributed by atoms with E-state index in [0.717, 1.165) is 16.5 Å². The second-order valence-electron chi connectivity index (χ2n) is 3.42. The van der Waals surface area contributed by atoms with Gasteiger partial charge in [-0.3, -0.25) is 0 Å². The zero-order valence-corrected chi connectivity index (χ0v) is 9.12. The lowest BCUT2D eigenvalue weighted by atomic mass is 10.2. The Hall–Kier alpha value is -1.19. The first-order valence-electron chi connectivity index (χ1n) is 4.74. The third kappa shape index (κ3) is 2.08. The van der Waals surface area contributed by atoms with Gasteiger partial charge in [0.1, 0.15) is 11.0 Å². The Kier molecular flexibility index (Phi) is 2.84. The number of aromatic nitrogens is 2. The minimum absolute atomic E-state index is 0.0354. The lowest BCUT2D eigenvalue weighted by Crippen LogP contribution is -1.99. The fraction of sp³-hybridized carbons (Fsp3) is 0.273. The van der Waals surface area contributed by atoms with Crippen molar-refractivity contribution >= 4 is 22.5 Å². The van der Waals surface area contributed by atoms with Crippen LogP contribution in [0.2, 0.25) is 5.15 Å². The van der Waals surface area contributed by atoms with Gasteiger partial charge in [0, 0.05) is 11.8 Å². The van der Waals surface area contributed by atoms with E-state index in [-0.39, 0.29) is 6.61 Å². The summed E-state index contributed by atoms with van der Waals surface area (Å²) in [5, 5.41) is 10.1. The van der Waals surface area contributed by atoms with E-state index in [0.29, 0.717) is 17.4 Å². The zero-order valence-electron chi connectivity index (χ0n) is 8.37. The van der Waals surface area contributed by atoms with Crippen LogP contribution in [0.25, 0.3) is 10.9 Å². The standard InChI is InChI=1S/C11H11ClN2O/c1-7-2-3-9-8(6-7)11(12)14-10(13-9)4-5-15/h2-3,6,15H,4-5H2,1H3. The number of aliphatic hydroxyl groups is 1. The number of hydrogen-bond donors (Lipinski definition) is 1. The molecule has 2 rings (SSSR count). The monoisotopic (exact) mass is 222 g/mol. The highest BCUT2D eigenvalue weighted by atomic mass is 35.5. The maximum atomic E-state index is 8.80. The number of benzene rings is 1. The highest BCUT2D eigenvalue weighted by molar-refractivity contribution is 6.34. The lowest BCUT2D eigenvalue weighted by Gasteiger charge is -2.03. The maximum Gasteiger partial charge on any atom is 0.140 e. The molecule has 15 heavy (non-hydrogen) atoms. The van der Waals surface area contributed by atoms with Crippen LogP contribution >= 0.6 is 11.6 Å². The second kappa shape index (κ2) is 4.13. The topological polar surface area (TPSA) is 46.0 Å². The first-order valence-corrected chi connectivity index (χ1v) is 5.12. The van der Waals surface area contributed by atoms with Crippen LogP contribution in [0.15, 0.2) is 18.2 Å². The Balaban J connectivity index is 2.62. The summed E-state index contributed by atoms with van der Waals surface area (Å²) in [7, 11) is 0. The fourth-order valence-corrected chi connectivity index (χ4v) is 1.71. The van der Waals surface area contributed by atoms with Crippen LogP contribution < -0.4 is 0 Å². The molecule has 4 heteroatoms. The molecule has 0 aliphatic rings. The number of rotatable bonds is 2. The van der Waals surface area contributed by atoms with Crippen molar-refractivity contribution < 1.29 is 5.11 Å². The molecule has 0 saturated heterocycles. The Morgan fingerprint density at radius 2 is 2.13 bits per heavy atom. The maximum absolute atomic E-state index is 8.80. The third-order valence-corrected chi connectivity index (χ3v) is 2.47. The predicted octanol–water partition coefficient (Wildman–Crippen LogP) is 2.13. The molecule has 0 spiro atoms. The minimum Gasteiger partial charge on any atom is -0.396 e. The molecule has 0 amide bonds. The van der Waals surface area contributed by atoms with Crippen molar-refractivity contribution in [2.24, 2.45) is 0 Å². The van der Waals surface area contributed by atoms with Gasteiger partial charge in [-0.2, -0.15) is 0 Å². The van der Waals surface area contributed by atoms with Gasteiger partial charge in [-0.05, 0) is 19.1 Å². The van der Waals surface area contributed by atoms with Crippen LogP contribution in [-0.2, 0) is 6.42 Å².